The Morgan fingerprint density at radius 2 is 1.85 bits per heavy atom. The number of carbonyl (C=O) groups is 2. The van der Waals surface area contributed by atoms with Gasteiger partial charge < -0.3 is 5.73 Å². The topological polar surface area (TPSA) is 87.2 Å². The maximum absolute atomic E-state index is 13.1. The Bertz CT molecular complexity index is 914. The molecule has 1 heterocycles. The molecule has 0 radical (unpaired) electrons. The molecule has 1 atom stereocenters. The Morgan fingerprint density at radius 1 is 1.19 bits per heavy atom. The molecule has 2 aromatic rings. The van der Waals surface area contributed by atoms with Gasteiger partial charge >= 0.3 is 0 Å². The summed E-state index contributed by atoms with van der Waals surface area (Å²) in [7, 11) is 0. The number of aryl methyl sites for hydroxylation is 1. The highest BCUT2D eigenvalue weighted by Gasteiger charge is 2.40. The van der Waals surface area contributed by atoms with E-state index >= 15 is 0 Å². The predicted molar refractivity (Wildman–Crippen MR) is 102 cm³/mol. The summed E-state index contributed by atoms with van der Waals surface area (Å²) in [5.74, 6) is -0.994. The largest absolute Gasteiger partial charge is 0.365 e. The molecule has 1 aliphatic rings. The molecule has 0 bridgehead atoms. The summed E-state index contributed by atoms with van der Waals surface area (Å²) in [5, 5.41) is 9.25. The molecule has 0 aromatic heterocycles. The summed E-state index contributed by atoms with van der Waals surface area (Å²) in [6.45, 7) is 1.95. The summed E-state index contributed by atoms with van der Waals surface area (Å²) < 4.78 is 0. The van der Waals surface area contributed by atoms with Gasteiger partial charge in [-0.15, -0.1) is 0 Å². The molecule has 5 nitrogen and oxygen atoms in total. The maximum atomic E-state index is 13.1. The van der Waals surface area contributed by atoms with Crippen LogP contribution in [-0.2, 0) is 16.0 Å². The number of nitriles is 1. The SMILES string of the molecule is Cc1ccc(N2C(=O)C(Cc3ccccc3)SC2=C(C#N)C(N)=O)cc1. The molecule has 0 aliphatic carbocycles. The predicted octanol–water partition coefficient (Wildman–Crippen LogP) is 2.91. The molecule has 0 saturated carbocycles. The fourth-order valence-electron chi connectivity index (χ4n) is 2.76. The average Bonchev–Trinajstić information content (AvgIpc) is 2.93. The number of nitrogens with two attached hydrogens (primary N) is 1. The molecule has 2 aromatic carbocycles. The van der Waals surface area contributed by atoms with E-state index in [0.717, 1.165) is 11.1 Å². The third-order valence-corrected chi connectivity index (χ3v) is 5.34. The zero-order valence-corrected chi connectivity index (χ0v) is 15.0. The normalized spacial score (nSPS) is 18.5. The van der Waals surface area contributed by atoms with Gasteiger partial charge in [0.25, 0.3) is 5.91 Å². The van der Waals surface area contributed by atoms with Crippen LogP contribution in [0.25, 0.3) is 0 Å². The minimum atomic E-state index is -0.833. The van der Waals surface area contributed by atoms with Crippen molar-refractivity contribution in [1.29, 1.82) is 5.26 Å². The molecule has 3 rings (SSSR count). The monoisotopic (exact) mass is 363 g/mol. The van der Waals surface area contributed by atoms with Crippen LogP contribution in [0.3, 0.4) is 0 Å². The van der Waals surface area contributed by atoms with Gasteiger partial charge in [-0.2, -0.15) is 5.26 Å². The fraction of sp³-hybridized carbons (Fsp3) is 0.150. The van der Waals surface area contributed by atoms with Crippen molar-refractivity contribution in [2.45, 2.75) is 18.6 Å². The number of primary amides is 1. The van der Waals surface area contributed by atoms with E-state index in [9.17, 15) is 14.9 Å². The number of nitrogens with zero attached hydrogens (tertiary/aromatic N) is 2. The average molecular weight is 363 g/mol. The third kappa shape index (κ3) is 3.48. The lowest BCUT2D eigenvalue weighted by molar-refractivity contribution is -0.117. The first-order valence-corrected chi connectivity index (χ1v) is 8.94. The van der Waals surface area contributed by atoms with Crippen molar-refractivity contribution in [3.63, 3.8) is 0 Å². The van der Waals surface area contributed by atoms with Crippen LogP contribution in [0.4, 0.5) is 5.69 Å². The van der Waals surface area contributed by atoms with Gasteiger partial charge in [0.1, 0.15) is 16.7 Å². The van der Waals surface area contributed by atoms with E-state index in [4.69, 9.17) is 5.73 Å². The number of hydrogen-bond donors (Lipinski definition) is 1. The Hall–Kier alpha value is -3.04. The minimum Gasteiger partial charge on any atom is -0.365 e. The Labute approximate surface area is 156 Å². The lowest BCUT2D eigenvalue weighted by Crippen LogP contribution is -2.31. The van der Waals surface area contributed by atoms with Gasteiger partial charge in [0.15, 0.2) is 0 Å². The fourth-order valence-corrected chi connectivity index (χ4v) is 4.07. The van der Waals surface area contributed by atoms with Crippen LogP contribution in [-0.4, -0.2) is 17.1 Å². The number of thioether (sulfide) groups is 1. The van der Waals surface area contributed by atoms with Crippen molar-refractivity contribution in [3.8, 4) is 6.07 Å². The van der Waals surface area contributed by atoms with E-state index in [0.29, 0.717) is 17.1 Å². The number of anilines is 1. The lowest BCUT2D eigenvalue weighted by atomic mass is 10.1. The molecule has 2 amide bonds. The highest BCUT2D eigenvalue weighted by atomic mass is 32.2. The summed E-state index contributed by atoms with van der Waals surface area (Å²) >= 11 is 1.21. The molecule has 1 fully saturated rings. The number of rotatable bonds is 4. The van der Waals surface area contributed by atoms with Crippen LogP contribution in [0.15, 0.2) is 65.2 Å². The van der Waals surface area contributed by atoms with Gasteiger partial charge in [-0.25, -0.2) is 0 Å². The molecule has 0 spiro atoms. The standard InChI is InChI=1S/C20H17N3O2S/c1-13-7-9-15(10-8-13)23-19(25)17(11-14-5-3-2-4-6-14)26-20(23)16(12-21)18(22)24/h2-10,17H,11H2,1H3,(H2,22,24). The molecule has 1 unspecified atom stereocenters. The molecule has 6 heteroatoms. The second kappa shape index (κ2) is 7.46. The molecule has 26 heavy (non-hydrogen) atoms. The molecular weight excluding hydrogens is 346 g/mol. The Balaban J connectivity index is 2.03. The van der Waals surface area contributed by atoms with Crippen molar-refractivity contribution in [2.75, 3.05) is 4.90 Å². The van der Waals surface area contributed by atoms with Crippen LogP contribution in [0, 0.1) is 18.3 Å². The summed E-state index contributed by atoms with van der Waals surface area (Å²) in [6, 6.07) is 18.9. The van der Waals surface area contributed by atoms with E-state index < -0.39 is 11.2 Å². The molecule has 1 saturated heterocycles. The van der Waals surface area contributed by atoms with Crippen molar-refractivity contribution in [1.82, 2.24) is 0 Å². The van der Waals surface area contributed by atoms with Gasteiger partial charge in [-0.1, -0.05) is 59.8 Å². The first-order chi connectivity index (χ1) is 12.5. The smallest absolute Gasteiger partial charge is 0.262 e. The van der Waals surface area contributed by atoms with Crippen LogP contribution >= 0.6 is 11.8 Å². The summed E-state index contributed by atoms with van der Waals surface area (Å²) in [4.78, 5) is 26.2. The van der Waals surface area contributed by atoms with Crippen molar-refractivity contribution in [2.24, 2.45) is 5.73 Å². The maximum Gasteiger partial charge on any atom is 0.262 e. The molecule has 2 N–H and O–H groups in total. The second-order valence-electron chi connectivity index (χ2n) is 5.96. The summed E-state index contributed by atoms with van der Waals surface area (Å²) in [5.41, 5.74) is 7.85. The highest BCUT2D eigenvalue weighted by Crippen LogP contribution is 2.41. The van der Waals surface area contributed by atoms with E-state index in [-0.39, 0.29) is 11.5 Å². The number of carbonyl (C=O) groups excluding carboxylic acids is 2. The van der Waals surface area contributed by atoms with Crippen molar-refractivity contribution >= 4 is 29.3 Å². The zero-order valence-electron chi connectivity index (χ0n) is 14.2. The number of amides is 2. The second-order valence-corrected chi connectivity index (χ2v) is 7.15. The van der Waals surface area contributed by atoms with E-state index in [1.807, 2.05) is 55.5 Å². The molecular formula is C20H17N3O2S. The van der Waals surface area contributed by atoms with Gasteiger partial charge in [-0.05, 0) is 31.0 Å². The van der Waals surface area contributed by atoms with Gasteiger partial charge in [0, 0.05) is 5.69 Å². The zero-order chi connectivity index (χ0) is 18.7. The lowest BCUT2D eigenvalue weighted by Gasteiger charge is -2.18. The van der Waals surface area contributed by atoms with Gasteiger partial charge in [-0.3, -0.25) is 14.5 Å². The van der Waals surface area contributed by atoms with E-state index in [1.54, 1.807) is 12.1 Å². The van der Waals surface area contributed by atoms with Crippen LogP contribution in [0.1, 0.15) is 11.1 Å². The van der Waals surface area contributed by atoms with E-state index in [2.05, 4.69) is 0 Å². The Kier molecular flexibility index (Phi) is 5.10. The van der Waals surface area contributed by atoms with Gasteiger partial charge in [0.05, 0.1) is 5.25 Å². The van der Waals surface area contributed by atoms with E-state index in [1.165, 1.54) is 16.7 Å². The first kappa shape index (κ1) is 17.8. The van der Waals surface area contributed by atoms with Crippen LogP contribution < -0.4 is 10.6 Å². The third-order valence-electron chi connectivity index (χ3n) is 4.08. The number of benzene rings is 2. The molecule has 130 valence electrons. The van der Waals surface area contributed by atoms with Crippen molar-refractivity contribution in [3.05, 3.63) is 76.3 Å². The highest BCUT2D eigenvalue weighted by molar-refractivity contribution is 8.05. The quantitative estimate of drug-likeness (QED) is 0.668. The van der Waals surface area contributed by atoms with Crippen LogP contribution in [0.5, 0.6) is 0 Å². The Morgan fingerprint density at radius 3 is 2.42 bits per heavy atom. The molecule has 1 aliphatic heterocycles. The van der Waals surface area contributed by atoms with Gasteiger partial charge in [0.2, 0.25) is 5.91 Å². The van der Waals surface area contributed by atoms with Crippen LogP contribution in [0.2, 0.25) is 0 Å². The number of hydrogen-bond acceptors (Lipinski definition) is 4. The summed E-state index contributed by atoms with van der Waals surface area (Å²) in [6.07, 6.45) is 0.508. The minimum absolute atomic E-state index is 0.160. The first-order valence-electron chi connectivity index (χ1n) is 8.06. The van der Waals surface area contributed by atoms with Crippen molar-refractivity contribution < 1.29 is 9.59 Å².